The molecule has 0 amide bonds. The van der Waals surface area contributed by atoms with Crippen LogP contribution in [0.25, 0.3) is 0 Å². The van der Waals surface area contributed by atoms with Gasteiger partial charge in [-0.15, -0.1) is 0 Å². The Hall–Kier alpha value is -2.26. The van der Waals surface area contributed by atoms with Crippen LogP contribution in [0.1, 0.15) is 0 Å². The minimum Gasteiger partial charge on any atom is -0.491 e. The molecule has 0 aromatic heterocycles. The average molecular weight is 382 g/mol. The van der Waals surface area contributed by atoms with Gasteiger partial charge in [-0.3, -0.25) is 0 Å². The summed E-state index contributed by atoms with van der Waals surface area (Å²) in [5.41, 5.74) is 0. The number of hydrogen-bond donors (Lipinski definition) is 2. The molecular weight excluding hydrogens is 362 g/mol. The van der Waals surface area contributed by atoms with Crippen LogP contribution in [-0.2, 0) is 9.47 Å². The molecule has 2 N–H and O–H groups in total. The van der Waals surface area contributed by atoms with E-state index in [0.717, 1.165) is 0 Å². The molecule has 0 bridgehead atoms. The quantitative estimate of drug-likeness (QED) is 0.795. The first kappa shape index (κ1) is 19.5. The summed E-state index contributed by atoms with van der Waals surface area (Å²) in [5, 5.41) is 20.7. The highest BCUT2D eigenvalue weighted by Gasteiger charge is 2.37. The number of benzene rings is 2. The summed E-state index contributed by atoms with van der Waals surface area (Å²) >= 11 is 0. The van der Waals surface area contributed by atoms with E-state index < -0.39 is 24.4 Å². The zero-order valence-corrected chi connectivity index (χ0v) is 14.3. The van der Waals surface area contributed by atoms with Gasteiger partial charge < -0.3 is 29.2 Å². The van der Waals surface area contributed by atoms with E-state index in [9.17, 15) is 19.0 Å². The van der Waals surface area contributed by atoms with Crippen LogP contribution in [0, 0.1) is 11.6 Å². The molecule has 146 valence electrons. The van der Waals surface area contributed by atoms with Crippen molar-refractivity contribution in [3.05, 3.63) is 60.2 Å². The molecule has 8 heteroatoms. The molecular formula is C19H20F2O6. The van der Waals surface area contributed by atoms with Crippen molar-refractivity contribution in [1.29, 1.82) is 0 Å². The maximum atomic E-state index is 12.9. The van der Waals surface area contributed by atoms with Gasteiger partial charge in [0, 0.05) is 0 Å². The lowest BCUT2D eigenvalue weighted by Gasteiger charge is -2.26. The molecule has 1 aliphatic rings. The van der Waals surface area contributed by atoms with Crippen molar-refractivity contribution in [2.24, 2.45) is 0 Å². The van der Waals surface area contributed by atoms with Gasteiger partial charge in [-0.2, -0.15) is 0 Å². The van der Waals surface area contributed by atoms with Gasteiger partial charge in [0.25, 0.3) is 0 Å². The van der Waals surface area contributed by atoms with Gasteiger partial charge in [-0.25, -0.2) is 8.78 Å². The third-order valence-electron chi connectivity index (χ3n) is 4.13. The molecule has 3 rings (SSSR count). The fourth-order valence-corrected chi connectivity index (χ4v) is 2.56. The smallest absolute Gasteiger partial charge is 0.148 e. The van der Waals surface area contributed by atoms with Gasteiger partial charge in [0.2, 0.25) is 0 Å². The summed E-state index contributed by atoms with van der Waals surface area (Å²) < 4.78 is 47.5. The van der Waals surface area contributed by atoms with Gasteiger partial charge in [-0.05, 0) is 48.5 Å². The van der Waals surface area contributed by atoms with Crippen LogP contribution in [0.3, 0.4) is 0 Å². The predicted octanol–water partition coefficient (Wildman–Crippen LogP) is 1.89. The summed E-state index contributed by atoms with van der Waals surface area (Å²) in [6, 6.07) is 10.8. The fourth-order valence-electron chi connectivity index (χ4n) is 2.56. The van der Waals surface area contributed by atoms with E-state index in [1.165, 1.54) is 48.5 Å². The number of aliphatic hydroxyl groups excluding tert-OH is 2. The van der Waals surface area contributed by atoms with Crippen LogP contribution in [0.2, 0.25) is 0 Å². The van der Waals surface area contributed by atoms with Gasteiger partial charge in [0.05, 0.1) is 0 Å². The van der Waals surface area contributed by atoms with Crippen LogP contribution in [0.4, 0.5) is 8.78 Å². The molecule has 1 aliphatic heterocycles. The van der Waals surface area contributed by atoms with E-state index in [4.69, 9.17) is 18.9 Å². The highest BCUT2D eigenvalue weighted by atomic mass is 19.1. The molecule has 2 aromatic rings. The first-order chi connectivity index (χ1) is 13.0. The summed E-state index contributed by atoms with van der Waals surface area (Å²) in [4.78, 5) is 0. The van der Waals surface area contributed by atoms with Crippen molar-refractivity contribution < 1.29 is 37.9 Å². The van der Waals surface area contributed by atoms with E-state index in [1.807, 2.05) is 0 Å². The van der Waals surface area contributed by atoms with Gasteiger partial charge in [0.1, 0.15) is 67.6 Å². The summed E-state index contributed by atoms with van der Waals surface area (Å²) in [6.07, 6.45) is -4.26. The normalized spacial score (nSPS) is 25.6. The van der Waals surface area contributed by atoms with Crippen molar-refractivity contribution in [2.75, 3.05) is 20.0 Å². The summed E-state index contributed by atoms with van der Waals surface area (Å²) in [5.74, 6) is 0.0351. The third-order valence-corrected chi connectivity index (χ3v) is 4.13. The van der Waals surface area contributed by atoms with E-state index in [0.29, 0.717) is 11.5 Å². The minimum atomic E-state index is -1.28. The van der Waals surface area contributed by atoms with Gasteiger partial charge in [-0.1, -0.05) is 0 Å². The van der Waals surface area contributed by atoms with E-state index >= 15 is 0 Å². The van der Waals surface area contributed by atoms with E-state index in [-0.39, 0.29) is 31.6 Å². The Bertz CT molecular complexity index is 648. The molecule has 27 heavy (non-hydrogen) atoms. The molecule has 0 spiro atoms. The number of aliphatic hydroxyl groups is 2. The average Bonchev–Trinajstić information content (AvgIpc) is 2.80. The molecule has 1 fully saturated rings. The highest BCUT2D eigenvalue weighted by Crippen LogP contribution is 2.20. The summed E-state index contributed by atoms with van der Waals surface area (Å²) in [7, 11) is 0. The topological polar surface area (TPSA) is 77.4 Å². The molecule has 1 saturated heterocycles. The molecule has 0 aliphatic carbocycles. The highest BCUT2D eigenvalue weighted by molar-refractivity contribution is 5.23. The summed E-state index contributed by atoms with van der Waals surface area (Å²) in [6.45, 7) is -0.291. The largest absolute Gasteiger partial charge is 0.491 e. The number of hydrogen-bond acceptors (Lipinski definition) is 6. The standard InChI is InChI=1S/C19H20F2O6/c20-12-1-5-14(6-2-12)24-9-16-18(22)19(23)17(27-11-26-16)10-25-15-7-3-13(21)4-8-15/h1-8,16-19,22-23H,9-11H2/t16-,17-,18-,19-/m0/s1. The lowest BCUT2D eigenvalue weighted by Crippen LogP contribution is -2.47. The predicted molar refractivity (Wildman–Crippen MR) is 90.4 cm³/mol. The van der Waals surface area contributed by atoms with Gasteiger partial charge >= 0.3 is 0 Å². The second kappa shape index (κ2) is 9.09. The Balaban J connectivity index is 1.53. The first-order valence-corrected chi connectivity index (χ1v) is 8.39. The van der Waals surface area contributed by atoms with Crippen LogP contribution in [0.15, 0.2) is 48.5 Å². The number of ether oxygens (including phenoxy) is 4. The molecule has 6 nitrogen and oxygen atoms in total. The Morgan fingerprint density at radius 1 is 0.741 bits per heavy atom. The lowest BCUT2D eigenvalue weighted by atomic mass is 10.0. The first-order valence-electron chi connectivity index (χ1n) is 8.39. The monoisotopic (exact) mass is 382 g/mol. The molecule has 0 unspecified atom stereocenters. The Labute approximate surface area is 154 Å². The fraction of sp³-hybridized carbons (Fsp3) is 0.368. The maximum absolute atomic E-state index is 12.9. The third kappa shape index (κ3) is 5.36. The Kier molecular flexibility index (Phi) is 6.57. The van der Waals surface area contributed by atoms with Crippen molar-refractivity contribution in [2.45, 2.75) is 24.4 Å². The molecule has 2 aromatic carbocycles. The van der Waals surface area contributed by atoms with Crippen molar-refractivity contribution >= 4 is 0 Å². The van der Waals surface area contributed by atoms with Crippen LogP contribution in [0.5, 0.6) is 11.5 Å². The van der Waals surface area contributed by atoms with Crippen molar-refractivity contribution in [3.63, 3.8) is 0 Å². The molecule has 0 radical (unpaired) electrons. The second-order valence-electron chi connectivity index (χ2n) is 6.04. The SMILES string of the molecule is O[C@@H]1[C@@H](O)[C@H](COc2ccc(F)cc2)OCO[C@H]1COc1ccc(F)cc1. The van der Waals surface area contributed by atoms with Crippen molar-refractivity contribution in [1.82, 2.24) is 0 Å². The van der Waals surface area contributed by atoms with E-state index in [2.05, 4.69) is 0 Å². The molecule has 4 atom stereocenters. The maximum Gasteiger partial charge on any atom is 0.148 e. The molecule has 0 saturated carbocycles. The number of halogens is 2. The van der Waals surface area contributed by atoms with E-state index in [1.54, 1.807) is 0 Å². The minimum absolute atomic E-state index is 0.0568. The molecule has 1 heterocycles. The Morgan fingerprint density at radius 3 is 1.48 bits per heavy atom. The van der Waals surface area contributed by atoms with Gasteiger partial charge in [0.15, 0.2) is 0 Å². The zero-order valence-electron chi connectivity index (χ0n) is 14.3. The van der Waals surface area contributed by atoms with Crippen molar-refractivity contribution in [3.8, 4) is 11.5 Å². The second-order valence-corrected chi connectivity index (χ2v) is 6.04. The zero-order chi connectivity index (χ0) is 19.2. The van der Waals surface area contributed by atoms with Crippen LogP contribution in [-0.4, -0.2) is 54.6 Å². The lowest BCUT2D eigenvalue weighted by molar-refractivity contribution is -0.119. The number of rotatable bonds is 6. The van der Waals surface area contributed by atoms with Crippen LogP contribution >= 0.6 is 0 Å². The van der Waals surface area contributed by atoms with Crippen LogP contribution < -0.4 is 9.47 Å². The Morgan fingerprint density at radius 2 is 1.11 bits per heavy atom.